The monoisotopic (exact) mass is 513 g/mol. The van der Waals surface area contributed by atoms with Gasteiger partial charge in [0.05, 0.1) is 17.1 Å². The molecule has 3 aromatic carbocycles. The van der Waals surface area contributed by atoms with Crippen LogP contribution in [0.1, 0.15) is 37.6 Å². The molecule has 196 valence electrons. The summed E-state index contributed by atoms with van der Waals surface area (Å²) in [7, 11) is 0. The number of nitrogens with one attached hydrogen (secondary N) is 2. The Labute approximate surface area is 222 Å². The Balaban J connectivity index is 1.58. The summed E-state index contributed by atoms with van der Waals surface area (Å²) >= 11 is 0. The summed E-state index contributed by atoms with van der Waals surface area (Å²) in [5.41, 5.74) is 3.37. The second-order valence-corrected chi connectivity index (χ2v) is 10.2. The third kappa shape index (κ3) is 6.64. The van der Waals surface area contributed by atoms with Crippen molar-refractivity contribution in [3.8, 4) is 5.69 Å². The Hall–Kier alpha value is -4.46. The number of aromatic nitrogens is 2. The molecule has 3 amide bonds. The zero-order valence-electron chi connectivity index (χ0n) is 22.0. The standard InChI is InChI=1S/C30H32FN5O2/c1-21-14-16-23(17-15-21)36-27(18-26(34-36)30(2,3)4)33-28(37)20-35(19-22-10-6-5-7-11-22)29(38)32-25-13-9-8-12-24(25)31/h5-18H,19-20H2,1-4H3,(H,32,38)(H,33,37). The summed E-state index contributed by atoms with van der Waals surface area (Å²) in [5.74, 6) is -0.460. The third-order valence-electron chi connectivity index (χ3n) is 5.98. The maximum Gasteiger partial charge on any atom is 0.322 e. The lowest BCUT2D eigenvalue weighted by atomic mass is 9.92. The fourth-order valence-electron chi connectivity index (χ4n) is 3.84. The molecule has 0 bridgehead atoms. The van der Waals surface area contributed by atoms with Crippen LogP contribution >= 0.6 is 0 Å². The van der Waals surface area contributed by atoms with E-state index in [9.17, 15) is 14.0 Å². The average Bonchev–Trinajstić information content (AvgIpc) is 3.30. The molecule has 0 fully saturated rings. The molecule has 0 aliphatic heterocycles. The highest BCUT2D eigenvalue weighted by Crippen LogP contribution is 2.26. The molecule has 4 aromatic rings. The maximum absolute atomic E-state index is 14.2. The van der Waals surface area contributed by atoms with Crippen LogP contribution in [0.25, 0.3) is 5.69 Å². The largest absolute Gasteiger partial charge is 0.322 e. The van der Waals surface area contributed by atoms with Gasteiger partial charge >= 0.3 is 6.03 Å². The molecule has 4 rings (SSSR count). The van der Waals surface area contributed by atoms with Crippen molar-refractivity contribution in [1.82, 2.24) is 14.7 Å². The molecule has 8 heteroatoms. The Kier molecular flexibility index (Phi) is 7.90. The minimum absolute atomic E-state index is 0.0447. The van der Waals surface area contributed by atoms with Gasteiger partial charge in [-0.25, -0.2) is 13.9 Å². The molecule has 1 aromatic heterocycles. The number of aryl methyl sites for hydroxylation is 1. The van der Waals surface area contributed by atoms with Gasteiger partial charge in [0, 0.05) is 18.0 Å². The van der Waals surface area contributed by atoms with E-state index in [0.29, 0.717) is 5.82 Å². The molecule has 0 aliphatic carbocycles. The Bertz CT molecular complexity index is 1410. The van der Waals surface area contributed by atoms with Crippen molar-refractivity contribution >= 4 is 23.4 Å². The van der Waals surface area contributed by atoms with E-state index >= 15 is 0 Å². The molecule has 0 unspecified atom stereocenters. The highest BCUT2D eigenvalue weighted by atomic mass is 19.1. The summed E-state index contributed by atoms with van der Waals surface area (Å²) in [6.45, 7) is 8.07. The maximum atomic E-state index is 14.2. The number of halogens is 1. The second-order valence-electron chi connectivity index (χ2n) is 10.2. The van der Waals surface area contributed by atoms with E-state index in [2.05, 4.69) is 31.4 Å². The van der Waals surface area contributed by atoms with Gasteiger partial charge in [-0.15, -0.1) is 0 Å². The molecule has 0 radical (unpaired) electrons. The lowest BCUT2D eigenvalue weighted by Gasteiger charge is -2.23. The van der Waals surface area contributed by atoms with Crippen molar-refractivity contribution in [2.45, 2.75) is 39.7 Å². The number of amides is 3. The van der Waals surface area contributed by atoms with E-state index in [4.69, 9.17) is 5.10 Å². The number of hydrogen-bond acceptors (Lipinski definition) is 3. The van der Waals surface area contributed by atoms with Crippen LogP contribution in [-0.2, 0) is 16.8 Å². The van der Waals surface area contributed by atoms with Crippen molar-refractivity contribution in [2.24, 2.45) is 0 Å². The van der Waals surface area contributed by atoms with Crippen molar-refractivity contribution in [3.63, 3.8) is 0 Å². The SMILES string of the molecule is Cc1ccc(-n2nc(C(C)(C)C)cc2NC(=O)CN(Cc2ccccc2)C(=O)Nc2ccccc2F)cc1. The van der Waals surface area contributed by atoms with E-state index in [-0.39, 0.29) is 24.2 Å². The van der Waals surface area contributed by atoms with Crippen LogP contribution in [0, 0.1) is 12.7 Å². The molecule has 0 aliphatic rings. The molecular formula is C30H32FN5O2. The van der Waals surface area contributed by atoms with Crippen molar-refractivity contribution < 1.29 is 14.0 Å². The molecule has 1 heterocycles. The van der Waals surface area contributed by atoms with Crippen LogP contribution in [0.15, 0.2) is 84.9 Å². The normalized spacial score (nSPS) is 11.2. The first kappa shape index (κ1) is 26.6. The van der Waals surface area contributed by atoms with Crippen LogP contribution < -0.4 is 10.6 Å². The Morgan fingerprint density at radius 3 is 2.24 bits per heavy atom. The van der Waals surface area contributed by atoms with Gasteiger partial charge in [-0.05, 0) is 36.8 Å². The van der Waals surface area contributed by atoms with Crippen molar-refractivity contribution in [3.05, 3.63) is 108 Å². The predicted octanol–water partition coefficient (Wildman–Crippen LogP) is 6.29. The van der Waals surface area contributed by atoms with Crippen molar-refractivity contribution in [1.29, 1.82) is 0 Å². The van der Waals surface area contributed by atoms with Gasteiger partial charge < -0.3 is 15.5 Å². The van der Waals surface area contributed by atoms with Gasteiger partial charge in [-0.3, -0.25) is 4.79 Å². The molecule has 0 saturated carbocycles. The number of urea groups is 1. The van der Waals surface area contributed by atoms with E-state index in [1.165, 1.54) is 17.0 Å². The molecule has 38 heavy (non-hydrogen) atoms. The molecular weight excluding hydrogens is 481 g/mol. The highest BCUT2D eigenvalue weighted by molar-refractivity contribution is 5.96. The number of hydrogen-bond donors (Lipinski definition) is 2. The van der Waals surface area contributed by atoms with Gasteiger partial charge in [0.15, 0.2) is 0 Å². The topological polar surface area (TPSA) is 79.3 Å². The van der Waals surface area contributed by atoms with E-state index < -0.39 is 17.8 Å². The number of para-hydroxylation sites is 1. The quantitative estimate of drug-likeness (QED) is 0.305. The fourth-order valence-corrected chi connectivity index (χ4v) is 3.84. The van der Waals surface area contributed by atoms with Crippen LogP contribution in [0.3, 0.4) is 0 Å². The number of benzene rings is 3. The molecule has 7 nitrogen and oxygen atoms in total. The Morgan fingerprint density at radius 2 is 1.58 bits per heavy atom. The Morgan fingerprint density at radius 1 is 0.921 bits per heavy atom. The van der Waals surface area contributed by atoms with Gasteiger partial charge in [-0.1, -0.05) is 80.9 Å². The average molecular weight is 514 g/mol. The second kappa shape index (κ2) is 11.3. The van der Waals surface area contributed by atoms with E-state index in [0.717, 1.165) is 22.5 Å². The third-order valence-corrected chi connectivity index (χ3v) is 5.98. The summed E-state index contributed by atoms with van der Waals surface area (Å²) in [6.07, 6.45) is 0. The van der Waals surface area contributed by atoms with Gasteiger partial charge in [0.25, 0.3) is 0 Å². The number of anilines is 2. The number of nitrogens with zero attached hydrogens (tertiary/aromatic N) is 3. The lowest BCUT2D eigenvalue weighted by molar-refractivity contribution is -0.116. The van der Waals surface area contributed by atoms with E-state index in [1.54, 1.807) is 16.8 Å². The smallest absolute Gasteiger partial charge is 0.311 e. The fraction of sp³-hybridized carbons (Fsp3) is 0.233. The number of carbonyl (C=O) groups is 2. The lowest BCUT2D eigenvalue weighted by Crippen LogP contribution is -2.40. The zero-order valence-corrected chi connectivity index (χ0v) is 22.0. The van der Waals surface area contributed by atoms with Gasteiger partial charge in [0.2, 0.25) is 5.91 Å². The first-order chi connectivity index (χ1) is 18.1. The highest BCUT2D eigenvalue weighted by Gasteiger charge is 2.23. The van der Waals surface area contributed by atoms with Crippen LogP contribution in [0.2, 0.25) is 0 Å². The van der Waals surface area contributed by atoms with Gasteiger partial charge in [0.1, 0.15) is 18.2 Å². The predicted molar refractivity (Wildman–Crippen MR) is 148 cm³/mol. The minimum Gasteiger partial charge on any atom is -0.311 e. The van der Waals surface area contributed by atoms with Crippen molar-refractivity contribution in [2.75, 3.05) is 17.2 Å². The molecule has 2 N–H and O–H groups in total. The van der Waals surface area contributed by atoms with Crippen LogP contribution in [0.4, 0.5) is 20.7 Å². The summed E-state index contributed by atoms with van der Waals surface area (Å²) < 4.78 is 15.9. The van der Waals surface area contributed by atoms with Crippen LogP contribution in [-0.4, -0.2) is 33.2 Å². The first-order valence-electron chi connectivity index (χ1n) is 12.4. The first-order valence-corrected chi connectivity index (χ1v) is 12.4. The minimum atomic E-state index is -0.587. The van der Waals surface area contributed by atoms with E-state index in [1.807, 2.05) is 67.6 Å². The summed E-state index contributed by atoms with van der Waals surface area (Å²) in [6, 6.07) is 24.3. The number of carbonyl (C=O) groups excluding carboxylic acids is 2. The van der Waals surface area contributed by atoms with Crippen LogP contribution in [0.5, 0.6) is 0 Å². The summed E-state index contributed by atoms with van der Waals surface area (Å²) in [5, 5.41) is 10.3. The molecule has 0 saturated heterocycles. The zero-order chi connectivity index (χ0) is 27.3. The number of rotatable bonds is 7. The summed E-state index contributed by atoms with van der Waals surface area (Å²) in [4.78, 5) is 27.8. The molecule has 0 spiro atoms. The van der Waals surface area contributed by atoms with Gasteiger partial charge in [-0.2, -0.15) is 5.10 Å². The molecule has 0 atom stereocenters.